The van der Waals surface area contributed by atoms with E-state index >= 15 is 0 Å². The van der Waals surface area contributed by atoms with Crippen molar-refractivity contribution in [1.29, 1.82) is 0 Å². The van der Waals surface area contributed by atoms with E-state index in [0.717, 1.165) is 63.5 Å². The van der Waals surface area contributed by atoms with E-state index in [1.807, 2.05) is 24.3 Å². The minimum atomic E-state index is -1.05. The number of carbonyl (C=O) groups excluding carboxylic acids is 3. The van der Waals surface area contributed by atoms with Gasteiger partial charge < -0.3 is 26.0 Å². The number of halogens is 1. The Labute approximate surface area is 335 Å². The lowest BCUT2D eigenvalue weighted by molar-refractivity contribution is -0.134. The number of benzene rings is 2. The Morgan fingerprint density at radius 1 is 0.636 bits per heavy atom. The molecule has 0 aliphatic rings. The standard InChI is InChI=1S/C46H63ClN4O4/c1-4-5-6-7-8-9-10-11-12-13-14-15-16-17-18-19-20-21-22-24-43(52)49-38-37-48-34-23-35-51-45(54)46(2,3)55-42-31-25-39(26-32-42)33-36-50-44(53)40-27-29-41(47)30-28-40/h5-6,8-9,11-12,14-15,17-18,20-21,25-32,48H,4,7,10,13,16,19,22-24,33-38H2,1-3H3,(H,49,52)(H,50,53)(H,51,54). The van der Waals surface area contributed by atoms with Crippen LogP contribution in [0.2, 0.25) is 5.02 Å². The third kappa shape index (κ3) is 23.7. The Morgan fingerprint density at radius 3 is 1.78 bits per heavy atom. The van der Waals surface area contributed by atoms with Gasteiger partial charge in [-0.15, -0.1) is 0 Å². The molecule has 0 bridgehead atoms. The van der Waals surface area contributed by atoms with Crippen molar-refractivity contribution in [3.63, 3.8) is 0 Å². The molecule has 0 spiro atoms. The lowest BCUT2D eigenvalue weighted by Gasteiger charge is -2.25. The van der Waals surface area contributed by atoms with Gasteiger partial charge in [0.05, 0.1) is 0 Å². The first kappa shape index (κ1) is 46.5. The van der Waals surface area contributed by atoms with Crippen LogP contribution >= 0.6 is 11.6 Å². The summed E-state index contributed by atoms with van der Waals surface area (Å²) < 4.78 is 5.99. The Kier molecular flexibility index (Phi) is 25.1. The van der Waals surface area contributed by atoms with Crippen LogP contribution in [0.3, 0.4) is 0 Å². The quantitative estimate of drug-likeness (QED) is 0.0510. The van der Waals surface area contributed by atoms with E-state index in [-0.39, 0.29) is 17.7 Å². The van der Waals surface area contributed by atoms with Crippen LogP contribution in [0, 0.1) is 0 Å². The number of ether oxygens (including phenoxy) is 1. The number of nitrogens with one attached hydrogen (secondary N) is 4. The first-order chi connectivity index (χ1) is 26.7. The number of rotatable bonds is 28. The van der Waals surface area contributed by atoms with Gasteiger partial charge in [-0.25, -0.2) is 0 Å². The normalized spacial score (nSPS) is 12.2. The van der Waals surface area contributed by atoms with E-state index in [9.17, 15) is 14.4 Å². The van der Waals surface area contributed by atoms with Crippen LogP contribution in [0.1, 0.15) is 94.5 Å². The van der Waals surface area contributed by atoms with Crippen LogP contribution in [0.5, 0.6) is 5.75 Å². The van der Waals surface area contributed by atoms with Crippen molar-refractivity contribution >= 4 is 29.3 Å². The first-order valence-electron chi connectivity index (χ1n) is 19.7. The van der Waals surface area contributed by atoms with Gasteiger partial charge in [0, 0.05) is 43.2 Å². The summed E-state index contributed by atoms with van der Waals surface area (Å²) in [6.07, 6.45) is 34.5. The number of hydrogen-bond donors (Lipinski definition) is 4. The average Bonchev–Trinajstić information content (AvgIpc) is 3.17. The smallest absolute Gasteiger partial charge is 0.263 e. The van der Waals surface area contributed by atoms with Crippen LogP contribution in [0.4, 0.5) is 0 Å². The molecule has 0 aliphatic heterocycles. The molecule has 0 saturated carbocycles. The van der Waals surface area contributed by atoms with Crippen molar-refractivity contribution in [2.75, 3.05) is 32.7 Å². The SMILES string of the molecule is CCC=CCC=CCC=CCC=CCC=CCC=CCCC(=O)NCCNCCCNC(=O)C(C)(C)Oc1ccc(CCNC(=O)c2ccc(Cl)cc2)cc1. The molecule has 4 N–H and O–H groups in total. The maximum absolute atomic E-state index is 12.8. The monoisotopic (exact) mass is 770 g/mol. The second kappa shape index (κ2) is 29.7. The molecule has 0 heterocycles. The van der Waals surface area contributed by atoms with Gasteiger partial charge in [0.1, 0.15) is 5.75 Å². The summed E-state index contributed by atoms with van der Waals surface area (Å²) in [6, 6.07) is 14.3. The maximum atomic E-state index is 12.8. The topological polar surface area (TPSA) is 109 Å². The molecule has 0 radical (unpaired) electrons. The van der Waals surface area contributed by atoms with Gasteiger partial charge in [-0.2, -0.15) is 0 Å². The van der Waals surface area contributed by atoms with Gasteiger partial charge >= 0.3 is 0 Å². The maximum Gasteiger partial charge on any atom is 0.263 e. The summed E-state index contributed by atoms with van der Waals surface area (Å²) in [5, 5.41) is 12.7. The average molecular weight is 771 g/mol. The summed E-state index contributed by atoms with van der Waals surface area (Å²) in [5.41, 5.74) is 0.560. The predicted molar refractivity (Wildman–Crippen MR) is 230 cm³/mol. The molecule has 298 valence electrons. The molecule has 0 fully saturated rings. The highest BCUT2D eigenvalue weighted by Gasteiger charge is 2.29. The second-order valence-corrected chi connectivity index (χ2v) is 13.9. The molecule has 2 aromatic carbocycles. The Bertz CT molecular complexity index is 1560. The van der Waals surface area contributed by atoms with Crippen molar-refractivity contribution in [3.05, 3.63) is 138 Å². The van der Waals surface area contributed by atoms with Gasteiger partial charge in [0.15, 0.2) is 5.60 Å². The molecule has 9 heteroatoms. The van der Waals surface area contributed by atoms with Crippen molar-refractivity contribution < 1.29 is 19.1 Å². The number of carbonyl (C=O) groups is 3. The van der Waals surface area contributed by atoms with Crippen molar-refractivity contribution in [3.8, 4) is 5.75 Å². The van der Waals surface area contributed by atoms with E-state index < -0.39 is 5.60 Å². The van der Waals surface area contributed by atoms with Crippen molar-refractivity contribution in [2.45, 2.75) is 90.6 Å². The molecular weight excluding hydrogens is 708 g/mol. The minimum Gasteiger partial charge on any atom is -0.478 e. The third-order valence-electron chi connectivity index (χ3n) is 8.22. The van der Waals surface area contributed by atoms with Crippen molar-refractivity contribution in [2.24, 2.45) is 0 Å². The number of amides is 3. The van der Waals surface area contributed by atoms with Gasteiger partial charge in [0.25, 0.3) is 11.8 Å². The zero-order chi connectivity index (χ0) is 39.8. The van der Waals surface area contributed by atoms with Crippen LogP contribution < -0.4 is 26.0 Å². The molecular formula is C46H63ClN4O4. The highest BCUT2D eigenvalue weighted by Crippen LogP contribution is 2.20. The van der Waals surface area contributed by atoms with Gasteiger partial charge in [-0.3, -0.25) is 14.4 Å². The molecule has 8 nitrogen and oxygen atoms in total. The molecule has 3 amide bonds. The molecule has 0 aliphatic carbocycles. The Balaban J connectivity index is 1.44. The van der Waals surface area contributed by atoms with E-state index in [4.69, 9.17) is 16.3 Å². The van der Waals surface area contributed by atoms with Gasteiger partial charge in [-0.05, 0) is 120 Å². The van der Waals surface area contributed by atoms with Crippen LogP contribution in [0.15, 0.2) is 121 Å². The van der Waals surface area contributed by atoms with E-state index in [2.05, 4.69) is 101 Å². The number of hydrogen-bond acceptors (Lipinski definition) is 5. The minimum absolute atomic E-state index is 0.0456. The molecule has 55 heavy (non-hydrogen) atoms. The first-order valence-corrected chi connectivity index (χ1v) is 20.1. The summed E-state index contributed by atoms with van der Waals surface area (Å²) in [4.78, 5) is 37.2. The van der Waals surface area contributed by atoms with Crippen LogP contribution in [-0.2, 0) is 16.0 Å². The highest BCUT2D eigenvalue weighted by molar-refractivity contribution is 6.30. The second-order valence-electron chi connectivity index (χ2n) is 13.4. The van der Waals surface area contributed by atoms with E-state index in [1.165, 1.54) is 0 Å². The molecule has 0 atom stereocenters. The molecule has 0 saturated heterocycles. The number of allylic oxidation sites excluding steroid dienone is 12. The van der Waals surface area contributed by atoms with Crippen LogP contribution in [-0.4, -0.2) is 56.0 Å². The fraction of sp³-hybridized carbons (Fsp3) is 0.413. The largest absolute Gasteiger partial charge is 0.478 e. The summed E-state index contributed by atoms with van der Waals surface area (Å²) >= 11 is 5.89. The van der Waals surface area contributed by atoms with Crippen molar-refractivity contribution in [1.82, 2.24) is 21.3 Å². The zero-order valence-corrected chi connectivity index (χ0v) is 33.9. The van der Waals surface area contributed by atoms with E-state index in [1.54, 1.807) is 38.1 Å². The summed E-state index contributed by atoms with van der Waals surface area (Å²) in [5.74, 6) is 0.299. The Hall–Kier alpha value is -4.66. The Morgan fingerprint density at radius 2 is 1.20 bits per heavy atom. The predicted octanol–water partition coefficient (Wildman–Crippen LogP) is 9.16. The van der Waals surface area contributed by atoms with E-state index in [0.29, 0.717) is 55.4 Å². The van der Waals surface area contributed by atoms with Gasteiger partial charge in [-0.1, -0.05) is 104 Å². The molecule has 0 unspecified atom stereocenters. The summed E-state index contributed by atoms with van der Waals surface area (Å²) in [7, 11) is 0. The lowest BCUT2D eigenvalue weighted by atomic mass is 10.1. The third-order valence-corrected chi connectivity index (χ3v) is 8.48. The summed E-state index contributed by atoms with van der Waals surface area (Å²) in [6.45, 7) is 8.58. The molecule has 0 aromatic heterocycles. The fourth-order valence-corrected chi connectivity index (χ4v) is 5.20. The zero-order valence-electron chi connectivity index (χ0n) is 33.2. The van der Waals surface area contributed by atoms with Gasteiger partial charge in [0.2, 0.25) is 5.91 Å². The fourth-order valence-electron chi connectivity index (χ4n) is 5.07. The van der Waals surface area contributed by atoms with Crippen LogP contribution in [0.25, 0.3) is 0 Å². The lowest BCUT2D eigenvalue weighted by Crippen LogP contribution is -2.47. The highest BCUT2D eigenvalue weighted by atomic mass is 35.5. The molecule has 2 rings (SSSR count). The molecule has 2 aromatic rings.